The largest absolute Gasteiger partial charge is 0.299 e. The van der Waals surface area contributed by atoms with E-state index in [1.54, 1.807) is 0 Å². The summed E-state index contributed by atoms with van der Waals surface area (Å²) >= 11 is 0. The van der Waals surface area contributed by atoms with Crippen LogP contribution in [0.3, 0.4) is 0 Å². The molecule has 2 fully saturated rings. The highest BCUT2D eigenvalue weighted by Crippen LogP contribution is 2.37. The zero-order valence-corrected chi connectivity index (χ0v) is 10.2. The standard InChI is InChI=1S/C12H20O2S/c1-2-4-12(13)9-7-10-5-3-6-11(8-9)15(10)14/h9-11H,2-8H2,1H3. The number of hydrogen-bond acceptors (Lipinski definition) is 2. The number of rotatable bonds is 3. The first-order valence-corrected chi connectivity index (χ1v) is 7.42. The lowest BCUT2D eigenvalue weighted by molar-refractivity contribution is -0.123. The van der Waals surface area contributed by atoms with Crippen molar-refractivity contribution in [1.29, 1.82) is 0 Å². The third-order valence-corrected chi connectivity index (χ3v) is 5.93. The van der Waals surface area contributed by atoms with E-state index in [1.807, 2.05) is 0 Å². The minimum absolute atomic E-state index is 0.234. The van der Waals surface area contributed by atoms with Crippen LogP contribution in [0, 0.1) is 5.92 Å². The summed E-state index contributed by atoms with van der Waals surface area (Å²) < 4.78 is 11.9. The van der Waals surface area contributed by atoms with Crippen molar-refractivity contribution in [3.05, 3.63) is 0 Å². The van der Waals surface area contributed by atoms with Gasteiger partial charge in [0, 0.05) is 33.6 Å². The molecule has 0 aromatic heterocycles. The second-order valence-corrected chi connectivity index (χ2v) is 6.88. The summed E-state index contributed by atoms with van der Waals surface area (Å²) in [6.45, 7) is 2.06. The Morgan fingerprint density at radius 1 is 1.27 bits per heavy atom. The van der Waals surface area contributed by atoms with Crippen molar-refractivity contribution in [3.63, 3.8) is 0 Å². The summed E-state index contributed by atoms with van der Waals surface area (Å²) in [5.74, 6) is 0.657. The van der Waals surface area contributed by atoms with E-state index >= 15 is 0 Å². The molecule has 0 amide bonds. The van der Waals surface area contributed by atoms with Crippen LogP contribution < -0.4 is 0 Å². The maximum absolute atomic E-state index is 11.9. The Morgan fingerprint density at radius 3 is 2.40 bits per heavy atom. The van der Waals surface area contributed by atoms with Gasteiger partial charge in [-0.25, -0.2) is 0 Å². The van der Waals surface area contributed by atoms with Crippen LogP contribution in [-0.2, 0) is 15.6 Å². The van der Waals surface area contributed by atoms with Crippen LogP contribution in [-0.4, -0.2) is 20.5 Å². The molecule has 2 nitrogen and oxygen atoms in total. The number of Topliss-reactive ketones (excluding diaryl/α,β-unsaturated/α-hetero) is 1. The molecule has 2 heterocycles. The summed E-state index contributed by atoms with van der Waals surface area (Å²) in [6.07, 6.45) is 6.86. The molecule has 0 aromatic rings. The van der Waals surface area contributed by atoms with Crippen LogP contribution in [0.25, 0.3) is 0 Å². The van der Waals surface area contributed by atoms with E-state index in [-0.39, 0.29) is 5.92 Å². The van der Waals surface area contributed by atoms with Gasteiger partial charge in [-0.15, -0.1) is 0 Å². The van der Waals surface area contributed by atoms with Gasteiger partial charge in [-0.05, 0) is 32.1 Å². The molecule has 0 saturated carbocycles. The van der Waals surface area contributed by atoms with Crippen molar-refractivity contribution in [2.24, 2.45) is 5.92 Å². The van der Waals surface area contributed by atoms with Crippen molar-refractivity contribution in [2.45, 2.75) is 62.4 Å². The lowest BCUT2D eigenvalue weighted by Gasteiger charge is -2.37. The molecule has 0 aliphatic carbocycles. The maximum Gasteiger partial charge on any atom is 0.136 e. The summed E-state index contributed by atoms with van der Waals surface area (Å²) in [4.78, 5) is 11.8. The monoisotopic (exact) mass is 228 g/mol. The fourth-order valence-corrected chi connectivity index (χ4v) is 5.13. The molecule has 86 valence electrons. The quantitative estimate of drug-likeness (QED) is 0.743. The van der Waals surface area contributed by atoms with Gasteiger partial charge < -0.3 is 0 Å². The molecule has 0 radical (unpaired) electrons. The van der Waals surface area contributed by atoms with Crippen LogP contribution in [0.5, 0.6) is 0 Å². The van der Waals surface area contributed by atoms with Gasteiger partial charge in [-0.1, -0.05) is 13.3 Å². The molecule has 2 saturated heterocycles. The fourth-order valence-electron chi connectivity index (χ4n) is 2.95. The summed E-state index contributed by atoms with van der Waals surface area (Å²) in [7, 11) is -0.629. The van der Waals surface area contributed by atoms with E-state index in [4.69, 9.17) is 0 Å². The summed E-state index contributed by atoms with van der Waals surface area (Å²) in [6, 6.07) is 0. The Morgan fingerprint density at radius 2 is 1.87 bits per heavy atom. The van der Waals surface area contributed by atoms with E-state index in [2.05, 4.69) is 6.92 Å². The molecule has 2 unspecified atom stereocenters. The van der Waals surface area contributed by atoms with E-state index in [1.165, 1.54) is 6.42 Å². The van der Waals surface area contributed by atoms with Crippen molar-refractivity contribution < 1.29 is 9.00 Å². The number of hydrogen-bond donors (Lipinski definition) is 0. The van der Waals surface area contributed by atoms with Crippen LogP contribution in [0.2, 0.25) is 0 Å². The van der Waals surface area contributed by atoms with Gasteiger partial charge in [0.1, 0.15) is 5.78 Å². The third-order valence-electron chi connectivity index (χ3n) is 3.76. The molecule has 0 N–H and O–H groups in total. The first-order valence-electron chi connectivity index (χ1n) is 6.14. The van der Waals surface area contributed by atoms with Gasteiger partial charge in [0.25, 0.3) is 0 Å². The lowest BCUT2D eigenvalue weighted by Crippen LogP contribution is -2.41. The zero-order valence-electron chi connectivity index (χ0n) is 9.41. The van der Waals surface area contributed by atoms with Crippen LogP contribution in [0.4, 0.5) is 0 Å². The van der Waals surface area contributed by atoms with Gasteiger partial charge in [0.05, 0.1) is 0 Å². The highest BCUT2D eigenvalue weighted by Gasteiger charge is 2.39. The van der Waals surface area contributed by atoms with E-state index in [0.29, 0.717) is 16.3 Å². The fraction of sp³-hybridized carbons (Fsp3) is 0.917. The Bertz CT molecular complexity index is 259. The molecule has 2 rings (SSSR count). The Balaban J connectivity index is 2.01. The second kappa shape index (κ2) is 4.77. The summed E-state index contributed by atoms with van der Waals surface area (Å²) in [5, 5.41) is 0.673. The molecule has 3 heteroatoms. The van der Waals surface area contributed by atoms with Crippen LogP contribution in [0.1, 0.15) is 51.9 Å². The molecule has 15 heavy (non-hydrogen) atoms. The predicted octanol–water partition coefficient (Wildman–Crippen LogP) is 2.44. The number of carbonyl (C=O) groups is 1. The van der Waals surface area contributed by atoms with Gasteiger partial charge >= 0.3 is 0 Å². The molecule has 2 bridgehead atoms. The average molecular weight is 228 g/mol. The van der Waals surface area contributed by atoms with E-state index in [9.17, 15) is 9.00 Å². The van der Waals surface area contributed by atoms with E-state index < -0.39 is 10.8 Å². The topological polar surface area (TPSA) is 34.1 Å². The Labute approximate surface area is 94.3 Å². The highest BCUT2D eigenvalue weighted by molar-refractivity contribution is 7.86. The van der Waals surface area contributed by atoms with Gasteiger partial charge in [0.15, 0.2) is 0 Å². The number of fused-ring (bicyclic) bond motifs is 2. The molecule has 0 spiro atoms. The summed E-state index contributed by atoms with van der Waals surface area (Å²) in [5.41, 5.74) is 0. The molecular formula is C12H20O2S. The molecule has 2 aliphatic heterocycles. The second-order valence-electron chi connectivity index (χ2n) is 4.89. The first-order chi connectivity index (χ1) is 7.22. The Hall–Kier alpha value is -0.180. The third kappa shape index (κ3) is 2.32. The minimum atomic E-state index is -0.629. The van der Waals surface area contributed by atoms with Crippen molar-refractivity contribution in [2.75, 3.05) is 0 Å². The maximum atomic E-state index is 11.9. The van der Waals surface area contributed by atoms with Gasteiger partial charge in [0.2, 0.25) is 0 Å². The molecule has 2 atom stereocenters. The predicted molar refractivity (Wildman–Crippen MR) is 62.2 cm³/mol. The van der Waals surface area contributed by atoms with Gasteiger partial charge in [-0.3, -0.25) is 9.00 Å². The van der Waals surface area contributed by atoms with Crippen LogP contribution >= 0.6 is 0 Å². The minimum Gasteiger partial charge on any atom is -0.299 e. The van der Waals surface area contributed by atoms with Crippen molar-refractivity contribution in [1.82, 2.24) is 0 Å². The Kier molecular flexibility index (Phi) is 3.60. The smallest absolute Gasteiger partial charge is 0.136 e. The normalized spacial score (nSPS) is 40.1. The van der Waals surface area contributed by atoms with Crippen LogP contribution in [0.15, 0.2) is 0 Å². The average Bonchev–Trinajstić information content (AvgIpc) is 2.17. The first kappa shape index (κ1) is 11.3. The number of carbonyl (C=O) groups excluding carboxylic acids is 1. The highest BCUT2D eigenvalue weighted by atomic mass is 32.2. The molecular weight excluding hydrogens is 208 g/mol. The molecule has 0 aromatic carbocycles. The van der Waals surface area contributed by atoms with Crippen molar-refractivity contribution in [3.8, 4) is 0 Å². The van der Waals surface area contributed by atoms with Crippen molar-refractivity contribution >= 4 is 16.6 Å². The van der Waals surface area contributed by atoms with Gasteiger partial charge in [-0.2, -0.15) is 0 Å². The van der Waals surface area contributed by atoms with E-state index in [0.717, 1.165) is 38.5 Å². The lowest BCUT2D eigenvalue weighted by atomic mass is 9.85. The zero-order chi connectivity index (χ0) is 10.8. The molecule has 2 aliphatic rings. The number of ketones is 1. The SMILES string of the molecule is CCCC(=O)C1CC2CCCC(C1)S2=O.